The summed E-state index contributed by atoms with van der Waals surface area (Å²) in [5, 5.41) is 18.8. The normalized spacial score (nSPS) is 11.4. The van der Waals surface area contributed by atoms with Crippen molar-refractivity contribution in [2.24, 2.45) is 0 Å². The molecule has 0 amide bonds. The molecule has 0 fully saturated rings. The van der Waals surface area contributed by atoms with E-state index in [1.165, 1.54) is 6.20 Å². The van der Waals surface area contributed by atoms with E-state index < -0.39 is 10.8 Å². The molecule has 6 heteroatoms. The molecule has 1 aromatic heterocycles. The van der Waals surface area contributed by atoms with Crippen LogP contribution in [0.2, 0.25) is 0 Å². The summed E-state index contributed by atoms with van der Waals surface area (Å²) in [6, 6.07) is 0. The van der Waals surface area contributed by atoms with Crippen LogP contribution in [-0.2, 0) is 23.2 Å². The number of hydrogen-bond donors (Lipinski definition) is 2. The van der Waals surface area contributed by atoms with Crippen molar-refractivity contribution in [1.29, 1.82) is 0 Å². The Morgan fingerprint density at radius 1 is 1.59 bits per heavy atom. The first-order valence-electron chi connectivity index (χ1n) is 4.65. The van der Waals surface area contributed by atoms with Gasteiger partial charge in [0.25, 0.3) is 0 Å². The van der Waals surface area contributed by atoms with E-state index in [4.69, 9.17) is 11.5 Å². The van der Waals surface area contributed by atoms with Gasteiger partial charge in [-0.15, -0.1) is 18.8 Å². The van der Waals surface area contributed by atoms with E-state index >= 15 is 0 Å². The van der Waals surface area contributed by atoms with Crippen molar-refractivity contribution < 1.29 is 14.4 Å². The van der Waals surface area contributed by atoms with E-state index in [-0.39, 0.29) is 36.3 Å². The number of rotatable bonds is 4. The van der Waals surface area contributed by atoms with Crippen molar-refractivity contribution in [3.63, 3.8) is 0 Å². The van der Waals surface area contributed by atoms with Gasteiger partial charge >= 0.3 is 0 Å². The third-order valence-electron chi connectivity index (χ3n) is 2.15. The van der Waals surface area contributed by atoms with Gasteiger partial charge in [0, 0.05) is 22.6 Å². The van der Waals surface area contributed by atoms with Gasteiger partial charge in [0.15, 0.2) is 0 Å². The molecule has 0 aliphatic rings. The molecule has 0 aliphatic carbocycles. The SMILES string of the molecule is C#CCS(=O)Cc1cnc(C)c(O)c1CO.Cl. The largest absolute Gasteiger partial charge is 0.506 e. The fraction of sp³-hybridized carbons (Fsp3) is 0.364. The maximum atomic E-state index is 11.5. The van der Waals surface area contributed by atoms with Gasteiger partial charge in [-0.1, -0.05) is 5.92 Å². The maximum absolute atomic E-state index is 11.5. The number of halogens is 1. The van der Waals surface area contributed by atoms with E-state index in [1.54, 1.807) is 6.92 Å². The van der Waals surface area contributed by atoms with Crippen LogP contribution in [0.25, 0.3) is 0 Å². The van der Waals surface area contributed by atoms with Gasteiger partial charge < -0.3 is 10.2 Å². The van der Waals surface area contributed by atoms with E-state index in [2.05, 4.69) is 10.9 Å². The molecule has 2 N–H and O–H groups in total. The van der Waals surface area contributed by atoms with Crippen LogP contribution in [0.15, 0.2) is 6.20 Å². The van der Waals surface area contributed by atoms with E-state index in [1.807, 2.05) is 0 Å². The average Bonchev–Trinajstić information content (AvgIpc) is 2.24. The molecule has 0 radical (unpaired) electrons. The van der Waals surface area contributed by atoms with Gasteiger partial charge in [0.2, 0.25) is 0 Å². The lowest BCUT2D eigenvalue weighted by atomic mass is 10.1. The molecule has 0 saturated carbocycles. The summed E-state index contributed by atoms with van der Waals surface area (Å²) in [5.74, 6) is 2.61. The number of pyridine rings is 1. The number of aliphatic hydroxyl groups excluding tert-OH is 1. The Morgan fingerprint density at radius 2 is 2.24 bits per heavy atom. The highest BCUT2D eigenvalue weighted by atomic mass is 35.5. The Kier molecular flexibility index (Phi) is 6.81. The summed E-state index contributed by atoms with van der Waals surface area (Å²) in [5.41, 5.74) is 1.38. The van der Waals surface area contributed by atoms with Crippen molar-refractivity contribution in [1.82, 2.24) is 4.98 Å². The molecule has 0 bridgehead atoms. The van der Waals surface area contributed by atoms with Crippen LogP contribution < -0.4 is 0 Å². The van der Waals surface area contributed by atoms with Crippen molar-refractivity contribution in [2.45, 2.75) is 19.3 Å². The van der Waals surface area contributed by atoms with Crippen LogP contribution >= 0.6 is 12.4 Å². The van der Waals surface area contributed by atoms with E-state index in [0.717, 1.165) is 0 Å². The Hall–Kier alpha value is -1.09. The number of nitrogens with zero attached hydrogens (tertiary/aromatic N) is 1. The lowest BCUT2D eigenvalue weighted by molar-refractivity contribution is 0.274. The second-order valence-corrected chi connectivity index (χ2v) is 4.74. The molecule has 1 rings (SSSR count). The molecular weight excluding hydrogens is 262 g/mol. The summed E-state index contributed by atoms with van der Waals surface area (Å²) in [4.78, 5) is 3.95. The monoisotopic (exact) mass is 275 g/mol. The Morgan fingerprint density at radius 3 is 2.76 bits per heavy atom. The number of aryl methyl sites for hydroxylation is 1. The second kappa shape index (κ2) is 7.28. The Labute approximate surface area is 109 Å². The molecule has 0 aliphatic heterocycles. The Bertz CT molecular complexity index is 457. The average molecular weight is 276 g/mol. The van der Waals surface area contributed by atoms with E-state index in [9.17, 15) is 9.32 Å². The number of hydrogen-bond acceptors (Lipinski definition) is 4. The fourth-order valence-corrected chi connectivity index (χ4v) is 2.19. The summed E-state index contributed by atoms with van der Waals surface area (Å²) >= 11 is 0. The first-order valence-corrected chi connectivity index (χ1v) is 6.14. The lowest BCUT2D eigenvalue weighted by Gasteiger charge is -2.09. The zero-order valence-electron chi connectivity index (χ0n) is 9.34. The van der Waals surface area contributed by atoms with Gasteiger partial charge in [-0.05, 0) is 12.5 Å². The van der Waals surface area contributed by atoms with Crippen molar-refractivity contribution >= 4 is 23.2 Å². The molecule has 94 valence electrons. The van der Waals surface area contributed by atoms with Gasteiger partial charge in [-0.3, -0.25) is 9.19 Å². The standard InChI is InChI=1S/C11H13NO3S.ClH/c1-3-4-16(15)7-9-5-12-8(2)11(14)10(9)6-13;/h1,5,13-14H,4,6-7H2,2H3;1H. The predicted octanol–water partition coefficient (Wildman–Crippen LogP) is 0.892. The number of aromatic nitrogens is 1. The minimum absolute atomic E-state index is 0. The maximum Gasteiger partial charge on any atom is 0.142 e. The molecule has 0 aromatic carbocycles. The second-order valence-electron chi connectivity index (χ2n) is 3.29. The van der Waals surface area contributed by atoms with Crippen LogP contribution in [0.3, 0.4) is 0 Å². The Balaban J connectivity index is 0.00000256. The zero-order chi connectivity index (χ0) is 12.1. The molecule has 4 nitrogen and oxygen atoms in total. The van der Waals surface area contributed by atoms with Crippen LogP contribution in [0.1, 0.15) is 16.8 Å². The van der Waals surface area contributed by atoms with Crippen LogP contribution in [0.5, 0.6) is 5.75 Å². The van der Waals surface area contributed by atoms with Gasteiger partial charge in [0.05, 0.1) is 23.8 Å². The van der Waals surface area contributed by atoms with Crippen molar-refractivity contribution in [3.05, 3.63) is 23.0 Å². The van der Waals surface area contributed by atoms with Gasteiger partial charge in [-0.25, -0.2) is 0 Å². The third-order valence-corrected chi connectivity index (χ3v) is 3.27. The number of aromatic hydroxyl groups is 1. The van der Waals surface area contributed by atoms with Crippen LogP contribution in [0.4, 0.5) is 0 Å². The molecule has 17 heavy (non-hydrogen) atoms. The zero-order valence-corrected chi connectivity index (χ0v) is 11.0. The highest BCUT2D eigenvalue weighted by molar-refractivity contribution is 7.84. The first-order chi connectivity index (χ1) is 7.60. The van der Waals surface area contributed by atoms with E-state index in [0.29, 0.717) is 16.8 Å². The third kappa shape index (κ3) is 4.00. The number of aliphatic hydroxyl groups is 1. The first kappa shape index (κ1) is 15.9. The summed E-state index contributed by atoms with van der Waals surface area (Å²) < 4.78 is 11.5. The molecular formula is C11H14ClNO3S. The summed E-state index contributed by atoms with van der Waals surface area (Å²) in [7, 11) is -1.20. The summed E-state index contributed by atoms with van der Waals surface area (Å²) in [6.07, 6.45) is 6.56. The highest BCUT2D eigenvalue weighted by Gasteiger charge is 2.12. The van der Waals surface area contributed by atoms with Crippen LogP contribution in [-0.4, -0.2) is 25.2 Å². The minimum atomic E-state index is -1.20. The molecule has 1 heterocycles. The highest BCUT2D eigenvalue weighted by Crippen LogP contribution is 2.24. The molecule has 0 spiro atoms. The minimum Gasteiger partial charge on any atom is -0.506 e. The molecule has 0 saturated heterocycles. The molecule has 1 unspecified atom stereocenters. The topological polar surface area (TPSA) is 70.4 Å². The van der Waals surface area contributed by atoms with Gasteiger partial charge in [0.1, 0.15) is 5.75 Å². The summed E-state index contributed by atoms with van der Waals surface area (Å²) in [6.45, 7) is 1.33. The van der Waals surface area contributed by atoms with Crippen molar-refractivity contribution in [3.8, 4) is 18.1 Å². The van der Waals surface area contributed by atoms with Crippen molar-refractivity contribution in [2.75, 3.05) is 5.75 Å². The quantitative estimate of drug-likeness (QED) is 0.801. The molecule has 1 atom stereocenters. The van der Waals surface area contributed by atoms with Crippen LogP contribution in [0, 0.1) is 19.3 Å². The predicted molar refractivity (Wildman–Crippen MR) is 69.4 cm³/mol. The fourth-order valence-electron chi connectivity index (χ4n) is 1.30. The van der Waals surface area contributed by atoms with Gasteiger partial charge in [-0.2, -0.15) is 0 Å². The smallest absolute Gasteiger partial charge is 0.142 e. The molecule has 1 aromatic rings. The number of terminal acetylenes is 1. The lowest BCUT2D eigenvalue weighted by Crippen LogP contribution is -2.04.